The van der Waals surface area contributed by atoms with Gasteiger partial charge in [-0.15, -0.1) is 0 Å². The summed E-state index contributed by atoms with van der Waals surface area (Å²) in [6.45, 7) is 8.25. The standard InChI is InChI=1S/C18H23BN2O4/c1-17(2)18(3,4)25-19(24-17)15-8-6-13(7-9-15)14-10-20-21(11-14)12-16(22)23-5/h6-11H,12H2,1-5H3. The molecule has 0 radical (unpaired) electrons. The van der Waals surface area contributed by atoms with Crippen molar-refractivity contribution in [3.63, 3.8) is 0 Å². The number of benzene rings is 1. The van der Waals surface area contributed by atoms with Crippen LogP contribution >= 0.6 is 0 Å². The zero-order chi connectivity index (χ0) is 18.2. The predicted molar refractivity (Wildman–Crippen MR) is 95.4 cm³/mol. The number of ether oxygens (including phenoxy) is 1. The van der Waals surface area contributed by atoms with Crippen molar-refractivity contribution in [1.29, 1.82) is 0 Å². The fourth-order valence-electron chi connectivity index (χ4n) is 2.61. The molecule has 2 aromatic rings. The number of carbonyl (C=O) groups excluding carboxylic acids is 1. The van der Waals surface area contributed by atoms with E-state index >= 15 is 0 Å². The van der Waals surface area contributed by atoms with E-state index in [1.165, 1.54) is 7.11 Å². The van der Waals surface area contributed by atoms with Crippen LogP contribution in [0.25, 0.3) is 11.1 Å². The Bertz CT molecular complexity index is 752. The maximum atomic E-state index is 11.3. The SMILES string of the molecule is COC(=O)Cn1cc(-c2ccc(B3OC(C)(C)C(C)(C)O3)cc2)cn1. The lowest BCUT2D eigenvalue weighted by atomic mass is 9.78. The number of aromatic nitrogens is 2. The number of hydrogen-bond acceptors (Lipinski definition) is 5. The van der Waals surface area contributed by atoms with Crippen LogP contribution in [0.4, 0.5) is 0 Å². The highest BCUT2D eigenvalue weighted by Gasteiger charge is 2.51. The summed E-state index contributed by atoms with van der Waals surface area (Å²) < 4.78 is 18.3. The van der Waals surface area contributed by atoms with Crippen LogP contribution in [0.2, 0.25) is 0 Å². The second-order valence-corrected chi connectivity index (χ2v) is 7.21. The highest BCUT2D eigenvalue weighted by atomic mass is 16.7. The molecule has 1 saturated heterocycles. The largest absolute Gasteiger partial charge is 0.494 e. The second-order valence-electron chi connectivity index (χ2n) is 7.21. The van der Waals surface area contributed by atoms with E-state index in [9.17, 15) is 4.79 Å². The van der Waals surface area contributed by atoms with Gasteiger partial charge in [0.15, 0.2) is 0 Å². The van der Waals surface area contributed by atoms with Crippen LogP contribution in [0, 0.1) is 0 Å². The van der Waals surface area contributed by atoms with Gasteiger partial charge >= 0.3 is 13.1 Å². The summed E-state index contributed by atoms with van der Waals surface area (Å²) >= 11 is 0. The minimum Gasteiger partial charge on any atom is -0.468 e. The zero-order valence-electron chi connectivity index (χ0n) is 15.3. The maximum absolute atomic E-state index is 11.3. The summed E-state index contributed by atoms with van der Waals surface area (Å²) in [5, 5.41) is 4.18. The third kappa shape index (κ3) is 3.48. The summed E-state index contributed by atoms with van der Waals surface area (Å²) in [5.41, 5.74) is 2.21. The normalized spacial score (nSPS) is 18.4. The first-order chi connectivity index (χ1) is 11.7. The summed E-state index contributed by atoms with van der Waals surface area (Å²) in [4.78, 5) is 11.3. The van der Waals surface area contributed by atoms with Gasteiger partial charge in [0, 0.05) is 11.8 Å². The van der Waals surface area contributed by atoms with Crippen molar-refractivity contribution in [2.45, 2.75) is 45.4 Å². The molecule has 25 heavy (non-hydrogen) atoms. The van der Waals surface area contributed by atoms with Crippen molar-refractivity contribution in [2.75, 3.05) is 7.11 Å². The summed E-state index contributed by atoms with van der Waals surface area (Å²) in [6, 6.07) is 7.99. The summed E-state index contributed by atoms with van der Waals surface area (Å²) in [7, 11) is 0.988. The Balaban J connectivity index is 1.74. The number of carbonyl (C=O) groups is 1. The zero-order valence-corrected chi connectivity index (χ0v) is 15.3. The van der Waals surface area contributed by atoms with Crippen LogP contribution in [0.1, 0.15) is 27.7 Å². The third-order valence-corrected chi connectivity index (χ3v) is 4.92. The molecular weight excluding hydrogens is 319 g/mol. The molecule has 7 heteroatoms. The Labute approximate surface area is 148 Å². The lowest BCUT2D eigenvalue weighted by molar-refractivity contribution is -0.141. The molecule has 132 valence electrons. The van der Waals surface area contributed by atoms with Crippen LogP contribution in [-0.4, -0.2) is 41.2 Å². The monoisotopic (exact) mass is 342 g/mol. The molecule has 0 bridgehead atoms. The van der Waals surface area contributed by atoms with Gasteiger partial charge in [-0.3, -0.25) is 9.48 Å². The number of hydrogen-bond donors (Lipinski definition) is 0. The summed E-state index contributed by atoms with van der Waals surface area (Å²) in [5.74, 6) is -0.328. The predicted octanol–water partition coefficient (Wildman–Crippen LogP) is 2.02. The first kappa shape index (κ1) is 17.7. The van der Waals surface area contributed by atoms with E-state index in [0.717, 1.165) is 16.6 Å². The van der Waals surface area contributed by atoms with E-state index in [-0.39, 0.29) is 30.8 Å². The smallest absolute Gasteiger partial charge is 0.468 e. The Morgan fingerprint density at radius 2 is 1.72 bits per heavy atom. The van der Waals surface area contributed by atoms with Crippen molar-refractivity contribution < 1.29 is 18.8 Å². The number of methoxy groups -OCH3 is 1. The topological polar surface area (TPSA) is 62.6 Å². The molecule has 0 saturated carbocycles. The lowest BCUT2D eigenvalue weighted by Crippen LogP contribution is -2.41. The average molecular weight is 342 g/mol. The number of nitrogens with zero attached hydrogens (tertiary/aromatic N) is 2. The lowest BCUT2D eigenvalue weighted by Gasteiger charge is -2.32. The third-order valence-electron chi connectivity index (χ3n) is 4.92. The molecule has 1 aromatic heterocycles. The quantitative estimate of drug-likeness (QED) is 0.628. The Hall–Kier alpha value is -2.12. The Kier molecular flexibility index (Phi) is 4.47. The van der Waals surface area contributed by atoms with Gasteiger partial charge in [0.1, 0.15) is 6.54 Å². The molecule has 1 aliphatic heterocycles. The average Bonchev–Trinajstić information content (AvgIpc) is 3.10. The molecule has 1 fully saturated rings. The molecular formula is C18H23BN2O4. The Morgan fingerprint density at radius 3 is 2.28 bits per heavy atom. The minimum atomic E-state index is -0.374. The van der Waals surface area contributed by atoms with E-state index < -0.39 is 0 Å². The van der Waals surface area contributed by atoms with Crippen molar-refractivity contribution in [3.8, 4) is 11.1 Å². The molecule has 0 atom stereocenters. The molecule has 0 N–H and O–H groups in total. The van der Waals surface area contributed by atoms with Gasteiger partial charge in [-0.05, 0) is 38.7 Å². The van der Waals surface area contributed by atoms with Gasteiger partial charge in [-0.2, -0.15) is 5.10 Å². The number of rotatable bonds is 4. The van der Waals surface area contributed by atoms with Gasteiger partial charge in [-0.1, -0.05) is 24.3 Å². The maximum Gasteiger partial charge on any atom is 0.494 e. The van der Waals surface area contributed by atoms with Crippen LogP contribution < -0.4 is 5.46 Å². The van der Waals surface area contributed by atoms with Gasteiger partial charge in [0.25, 0.3) is 0 Å². The fourth-order valence-corrected chi connectivity index (χ4v) is 2.61. The van der Waals surface area contributed by atoms with Crippen LogP contribution in [-0.2, 0) is 25.4 Å². The number of esters is 1. The molecule has 6 nitrogen and oxygen atoms in total. The minimum absolute atomic E-state index is 0.0997. The van der Waals surface area contributed by atoms with Gasteiger partial charge in [0.05, 0.1) is 24.5 Å². The van der Waals surface area contributed by atoms with Crippen LogP contribution in [0.3, 0.4) is 0 Å². The molecule has 1 aliphatic rings. The van der Waals surface area contributed by atoms with Gasteiger partial charge in [-0.25, -0.2) is 0 Å². The van der Waals surface area contributed by atoms with Crippen LogP contribution in [0.5, 0.6) is 0 Å². The molecule has 0 spiro atoms. The van der Waals surface area contributed by atoms with Crippen molar-refractivity contribution >= 4 is 18.6 Å². The van der Waals surface area contributed by atoms with Crippen molar-refractivity contribution in [2.24, 2.45) is 0 Å². The highest BCUT2D eigenvalue weighted by molar-refractivity contribution is 6.62. The van der Waals surface area contributed by atoms with E-state index in [1.54, 1.807) is 10.9 Å². The van der Waals surface area contributed by atoms with Crippen LogP contribution in [0.15, 0.2) is 36.7 Å². The molecule has 1 aromatic carbocycles. The Morgan fingerprint density at radius 1 is 1.12 bits per heavy atom. The van der Waals surface area contributed by atoms with Crippen molar-refractivity contribution in [3.05, 3.63) is 36.7 Å². The molecule has 0 aliphatic carbocycles. The van der Waals surface area contributed by atoms with E-state index in [0.29, 0.717) is 0 Å². The van der Waals surface area contributed by atoms with E-state index in [4.69, 9.17) is 9.31 Å². The van der Waals surface area contributed by atoms with Crippen molar-refractivity contribution in [1.82, 2.24) is 9.78 Å². The first-order valence-corrected chi connectivity index (χ1v) is 8.27. The molecule has 0 unspecified atom stereocenters. The molecule has 0 amide bonds. The van der Waals surface area contributed by atoms with Gasteiger partial charge in [0.2, 0.25) is 0 Å². The molecule has 2 heterocycles. The first-order valence-electron chi connectivity index (χ1n) is 8.27. The highest BCUT2D eigenvalue weighted by Crippen LogP contribution is 2.36. The second kappa shape index (κ2) is 6.31. The van der Waals surface area contributed by atoms with Gasteiger partial charge < -0.3 is 14.0 Å². The molecule has 3 rings (SSSR count). The fraction of sp³-hybridized carbons (Fsp3) is 0.444. The van der Waals surface area contributed by atoms with E-state index in [2.05, 4.69) is 9.84 Å². The van der Waals surface area contributed by atoms with E-state index in [1.807, 2.05) is 58.2 Å². The summed E-state index contributed by atoms with van der Waals surface area (Å²) in [6.07, 6.45) is 3.55.